The summed E-state index contributed by atoms with van der Waals surface area (Å²) in [4.78, 5) is 26.2. The quantitative estimate of drug-likeness (QED) is 0.911. The van der Waals surface area contributed by atoms with Crippen LogP contribution < -0.4 is 0 Å². The number of carboxylic acids is 1. The molecular formula is C19H21F2NO3. The second kappa shape index (κ2) is 6.07. The number of hydrogen-bond donors (Lipinski definition) is 1. The maximum absolute atomic E-state index is 14.0. The molecule has 1 aliphatic heterocycles. The fourth-order valence-electron chi connectivity index (χ4n) is 4.80. The lowest BCUT2D eigenvalue weighted by Gasteiger charge is -2.33. The summed E-state index contributed by atoms with van der Waals surface area (Å²) in [6, 6.07) is 2.67. The van der Waals surface area contributed by atoms with Crippen molar-refractivity contribution in [1.82, 2.24) is 4.90 Å². The van der Waals surface area contributed by atoms with Gasteiger partial charge in [-0.1, -0.05) is 18.9 Å². The fourth-order valence-corrected chi connectivity index (χ4v) is 4.80. The number of benzene rings is 1. The number of aliphatic carboxylic acids is 1. The summed E-state index contributed by atoms with van der Waals surface area (Å²) in [6.07, 6.45) is 4.94. The summed E-state index contributed by atoms with van der Waals surface area (Å²) in [7, 11) is 0. The first-order valence-corrected chi connectivity index (χ1v) is 8.97. The van der Waals surface area contributed by atoms with Crippen molar-refractivity contribution in [3.8, 4) is 0 Å². The first kappa shape index (κ1) is 16.5. The Kier molecular flexibility index (Phi) is 4.01. The molecule has 3 aliphatic rings. The van der Waals surface area contributed by atoms with Crippen LogP contribution in [0.3, 0.4) is 0 Å². The van der Waals surface area contributed by atoms with E-state index >= 15 is 0 Å². The minimum absolute atomic E-state index is 0.00154. The minimum Gasteiger partial charge on any atom is -0.480 e. The van der Waals surface area contributed by atoms with Crippen LogP contribution in [0.2, 0.25) is 0 Å². The van der Waals surface area contributed by atoms with Crippen molar-refractivity contribution in [3.05, 3.63) is 35.4 Å². The molecule has 0 aromatic heterocycles. The summed E-state index contributed by atoms with van der Waals surface area (Å²) < 4.78 is 27.0. The first-order valence-electron chi connectivity index (χ1n) is 8.97. The number of amides is 1. The normalized spacial score (nSPS) is 33.8. The lowest BCUT2D eigenvalue weighted by Crippen LogP contribution is -2.47. The Morgan fingerprint density at radius 1 is 1.12 bits per heavy atom. The standard InChI is InChI=1S/C19H21F2NO3/c20-11-5-6-12(15(21)8-11)13-9-14(13)18(23)22-16-4-2-1-3-10(16)7-17(22)19(24)25/h5-6,8,10,13-14,16-17H,1-4,7,9H2,(H,24,25). The fraction of sp³-hybridized carbons (Fsp3) is 0.579. The summed E-state index contributed by atoms with van der Waals surface area (Å²) in [6.45, 7) is 0. The van der Waals surface area contributed by atoms with Crippen LogP contribution >= 0.6 is 0 Å². The molecule has 25 heavy (non-hydrogen) atoms. The summed E-state index contributed by atoms with van der Waals surface area (Å²) in [5.41, 5.74) is 0.353. The van der Waals surface area contributed by atoms with Gasteiger partial charge in [-0.2, -0.15) is 0 Å². The number of carboxylic acid groups (broad SMARTS) is 1. The molecule has 1 heterocycles. The molecule has 5 atom stereocenters. The smallest absolute Gasteiger partial charge is 0.326 e. The number of carbonyl (C=O) groups is 2. The summed E-state index contributed by atoms with van der Waals surface area (Å²) in [5.74, 6) is -2.79. The van der Waals surface area contributed by atoms with Crippen molar-refractivity contribution in [2.75, 3.05) is 0 Å². The van der Waals surface area contributed by atoms with Gasteiger partial charge in [-0.3, -0.25) is 4.79 Å². The van der Waals surface area contributed by atoms with Crippen LogP contribution in [0.15, 0.2) is 18.2 Å². The van der Waals surface area contributed by atoms with Crippen LogP contribution in [0, 0.1) is 23.5 Å². The average molecular weight is 349 g/mol. The number of fused-ring (bicyclic) bond motifs is 1. The van der Waals surface area contributed by atoms with Crippen molar-refractivity contribution in [2.45, 2.75) is 56.5 Å². The van der Waals surface area contributed by atoms with E-state index in [1.807, 2.05) is 0 Å². The van der Waals surface area contributed by atoms with Gasteiger partial charge in [0.05, 0.1) is 0 Å². The zero-order valence-electron chi connectivity index (χ0n) is 13.8. The van der Waals surface area contributed by atoms with E-state index in [2.05, 4.69) is 0 Å². The van der Waals surface area contributed by atoms with Gasteiger partial charge in [-0.15, -0.1) is 0 Å². The van der Waals surface area contributed by atoms with Crippen LogP contribution in [0.5, 0.6) is 0 Å². The monoisotopic (exact) mass is 349 g/mol. The van der Waals surface area contributed by atoms with Crippen molar-refractivity contribution in [2.24, 2.45) is 11.8 Å². The Balaban J connectivity index is 1.54. The number of nitrogens with zero attached hydrogens (tertiary/aromatic N) is 1. The molecular weight excluding hydrogens is 328 g/mol. The SMILES string of the molecule is O=C(O)C1CC2CCCCC2N1C(=O)C1CC1c1ccc(F)cc1F. The highest BCUT2D eigenvalue weighted by atomic mass is 19.1. The molecule has 0 radical (unpaired) electrons. The molecule has 1 aromatic carbocycles. The van der Waals surface area contributed by atoms with Gasteiger partial charge in [0.2, 0.25) is 5.91 Å². The Hall–Kier alpha value is -1.98. The number of rotatable bonds is 3. The van der Waals surface area contributed by atoms with Crippen molar-refractivity contribution in [3.63, 3.8) is 0 Å². The second-order valence-corrected chi connectivity index (χ2v) is 7.56. The van der Waals surface area contributed by atoms with E-state index in [9.17, 15) is 23.5 Å². The summed E-state index contributed by atoms with van der Waals surface area (Å²) in [5, 5.41) is 9.54. The molecule has 4 rings (SSSR count). The molecule has 0 bridgehead atoms. The molecule has 134 valence electrons. The number of likely N-dealkylation sites (tertiary alicyclic amines) is 1. The maximum Gasteiger partial charge on any atom is 0.326 e. The van der Waals surface area contributed by atoms with E-state index in [0.29, 0.717) is 18.4 Å². The van der Waals surface area contributed by atoms with Crippen molar-refractivity contribution < 1.29 is 23.5 Å². The van der Waals surface area contributed by atoms with Crippen molar-refractivity contribution in [1.29, 1.82) is 0 Å². The van der Waals surface area contributed by atoms with Crippen LogP contribution in [0.4, 0.5) is 8.78 Å². The largest absolute Gasteiger partial charge is 0.480 e. The van der Waals surface area contributed by atoms with E-state index < -0.39 is 23.6 Å². The van der Waals surface area contributed by atoms with Gasteiger partial charge in [-0.25, -0.2) is 13.6 Å². The van der Waals surface area contributed by atoms with E-state index in [1.165, 1.54) is 12.1 Å². The molecule has 6 heteroatoms. The van der Waals surface area contributed by atoms with Gasteiger partial charge in [0.1, 0.15) is 17.7 Å². The number of halogens is 2. The van der Waals surface area contributed by atoms with Crippen molar-refractivity contribution >= 4 is 11.9 Å². The van der Waals surface area contributed by atoms with Gasteiger partial charge in [-0.05, 0) is 49.1 Å². The molecule has 0 spiro atoms. The van der Waals surface area contributed by atoms with Gasteiger partial charge >= 0.3 is 5.97 Å². The third kappa shape index (κ3) is 2.81. The van der Waals surface area contributed by atoms with E-state index in [4.69, 9.17) is 0 Å². The third-order valence-electron chi connectivity index (χ3n) is 6.10. The zero-order chi connectivity index (χ0) is 17.7. The molecule has 2 aliphatic carbocycles. The molecule has 1 aromatic rings. The maximum atomic E-state index is 14.0. The lowest BCUT2D eigenvalue weighted by molar-refractivity contribution is -0.150. The Labute approximate surface area is 144 Å². The van der Waals surface area contributed by atoms with Crippen LogP contribution in [-0.2, 0) is 9.59 Å². The Morgan fingerprint density at radius 2 is 1.88 bits per heavy atom. The topological polar surface area (TPSA) is 57.6 Å². The molecule has 1 amide bonds. The van der Waals surface area contributed by atoms with Crippen LogP contribution in [0.1, 0.15) is 50.0 Å². The van der Waals surface area contributed by atoms with Gasteiger partial charge in [0.25, 0.3) is 0 Å². The highest BCUT2D eigenvalue weighted by molar-refractivity contribution is 5.88. The lowest BCUT2D eigenvalue weighted by atomic mass is 9.84. The van der Waals surface area contributed by atoms with Gasteiger partial charge in [0, 0.05) is 18.0 Å². The first-order chi connectivity index (χ1) is 12.0. The van der Waals surface area contributed by atoms with Crippen LogP contribution in [0.25, 0.3) is 0 Å². The molecule has 4 nitrogen and oxygen atoms in total. The molecule has 3 fully saturated rings. The molecule has 5 unspecified atom stereocenters. The molecule has 1 saturated heterocycles. The van der Waals surface area contributed by atoms with Crippen LogP contribution in [-0.4, -0.2) is 34.0 Å². The Morgan fingerprint density at radius 3 is 2.60 bits per heavy atom. The van der Waals surface area contributed by atoms with Gasteiger partial charge < -0.3 is 10.0 Å². The highest BCUT2D eigenvalue weighted by Gasteiger charge is 2.54. The second-order valence-electron chi connectivity index (χ2n) is 7.56. The van der Waals surface area contributed by atoms with E-state index in [1.54, 1.807) is 4.90 Å². The summed E-state index contributed by atoms with van der Waals surface area (Å²) >= 11 is 0. The van der Waals surface area contributed by atoms with E-state index in [-0.39, 0.29) is 29.7 Å². The zero-order valence-corrected chi connectivity index (χ0v) is 13.8. The molecule has 2 saturated carbocycles. The highest BCUT2D eigenvalue weighted by Crippen LogP contribution is 2.51. The van der Waals surface area contributed by atoms with Gasteiger partial charge in [0.15, 0.2) is 0 Å². The predicted octanol–water partition coefficient (Wildman–Crippen LogP) is 3.31. The molecule has 1 N–H and O–H groups in total. The number of hydrogen-bond acceptors (Lipinski definition) is 2. The van der Waals surface area contributed by atoms with E-state index in [0.717, 1.165) is 31.7 Å². The average Bonchev–Trinajstić information content (AvgIpc) is 3.26. The predicted molar refractivity (Wildman–Crippen MR) is 85.8 cm³/mol. The third-order valence-corrected chi connectivity index (χ3v) is 6.10. The minimum atomic E-state index is -0.951. The Bertz CT molecular complexity index is 723. The number of carbonyl (C=O) groups excluding carboxylic acids is 1.